The Morgan fingerprint density at radius 3 is 2.40 bits per heavy atom. The molecule has 2 heterocycles. The van der Waals surface area contributed by atoms with Crippen molar-refractivity contribution in [3.8, 4) is 11.5 Å². The van der Waals surface area contributed by atoms with Crippen LogP contribution in [0, 0.1) is 0 Å². The maximum Gasteiger partial charge on any atom is 0.291 e. The van der Waals surface area contributed by atoms with Gasteiger partial charge in [-0.1, -0.05) is 11.6 Å². The normalized spacial score (nSPS) is 19.2. The fourth-order valence-electron chi connectivity index (χ4n) is 4.25. The lowest BCUT2D eigenvalue weighted by Crippen LogP contribution is -2.51. The number of sulfone groups is 1. The first kappa shape index (κ1) is 23.5. The van der Waals surface area contributed by atoms with E-state index in [4.69, 9.17) is 25.6 Å². The molecule has 35 heavy (non-hydrogen) atoms. The number of aliphatic hydroxyl groups is 1. The van der Waals surface area contributed by atoms with E-state index >= 15 is 0 Å². The number of ether oxygens (including phenoxy) is 2. The number of halogens is 1. The van der Waals surface area contributed by atoms with E-state index in [1.807, 2.05) is 0 Å². The number of hydrogen-bond acceptors (Lipinski definition) is 7. The highest BCUT2D eigenvalue weighted by molar-refractivity contribution is 7.91. The van der Waals surface area contributed by atoms with Crippen molar-refractivity contribution in [1.29, 1.82) is 0 Å². The van der Waals surface area contributed by atoms with Crippen LogP contribution in [0.2, 0.25) is 5.02 Å². The molecule has 0 saturated heterocycles. The molecule has 0 saturated carbocycles. The molecule has 0 spiro atoms. The van der Waals surface area contributed by atoms with E-state index in [9.17, 15) is 18.3 Å². The van der Waals surface area contributed by atoms with Crippen LogP contribution in [0.5, 0.6) is 11.5 Å². The van der Waals surface area contributed by atoms with E-state index < -0.39 is 33.1 Å². The quantitative estimate of drug-likeness (QED) is 0.433. The highest BCUT2D eigenvalue weighted by Gasteiger charge is 2.46. The van der Waals surface area contributed by atoms with Crippen LogP contribution >= 0.6 is 11.6 Å². The monoisotopic (exact) mass is 515 g/mol. The predicted molar refractivity (Wildman–Crippen MR) is 129 cm³/mol. The van der Waals surface area contributed by atoms with Gasteiger partial charge in [0.1, 0.15) is 29.2 Å². The summed E-state index contributed by atoms with van der Waals surface area (Å²) in [6.07, 6.45) is -1.23. The minimum Gasteiger partial charge on any atom is -0.497 e. The molecule has 8 nitrogen and oxygen atoms in total. The lowest BCUT2D eigenvalue weighted by molar-refractivity contribution is -0.0765. The van der Waals surface area contributed by atoms with Gasteiger partial charge < -0.3 is 19.1 Å². The summed E-state index contributed by atoms with van der Waals surface area (Å²) in [5, 5.41) is 11.9. The third-order valence-electron chi connectivity index (χ3n) is 6.19. The molecule has 0 amide bonds. The third kappa shape index (κ3) is 3.80. The molecule has 2 atom stereocenters. The molecule has 4 aromatic rings. The average molecular weight is 516 g/mol. The summed E-state index contributed by atoms with van der Waals surface area (Å²) in [5.41, 5.74) is -1.02. The zero-order valence-corrected chi connectivity index (χ0v) is 20.6. The molecule has 0 radical (unpaired) electrons. The van der Waals surface area contributed by atoms with Gasteiger partial charge in [-0.15, -0.1) is 0 Å². The first-order valence-corrected chi connectivity index (χ1v) is 12.6. The zero-order chi connectivity index (χ0) is 25.1. The number of aromatic nitrogens is 1. The van der Waals surface area contributed by atoms with Crippen LogP contribution < -0.4 is 15.0 Å². The van der Waals surface area contributed by atoms with Gasteiger partial charge in [-0.05, 0) is 68.4 Å². The molecule has 10 heteroatoms. The van der Waals surface area contributed by atoms with Crippen LogP contribution in [0.15, 0.2) is 79.8 Å². The summed E-state index contributed by atoms with van der Waals surface area (Å²) in [4.78, 5) is 13.3. The summed E-state index contributed by atoms with van der Waals surface area (Å²) in [7, 11) is -2.42. The Labute approximate surface area is 206 Å². The molecule has 0 aliphatic carbocycles. The number of methoxy groups -OCH3 is 1. The highest BCUT2D eigenvalue weighted by Crippen LogP contribution is 2.43. The Bertz CT molecular complexity index is 1600. The van der Waals surface area contributed by atoms with E-state index in [1.165, 1.54) is 43.5 Å². The summed E-state index contributed by atoms with van der Waals surface area (Å²) in [5.74, 6) is 0.863. The number of benzene rings is 3. The molecule has 0 bridgehead atoms. The van der Waals surface area contributed by atoms with Gasteiger partial charge in [0.15, 0.2) is 5.58 Å². The van der Waals surface area contributed by atoms with Crippen molar-refractivity contribution in [2.75, 3.05) is 7.11 Å². The second kappa shape index (κ2) is 8.15. The van der Waals surface area contributed by atoms with Crippen LogP contribution in [-0.4, -0.2) is 37.1 Å². The van der Waals surface area contributed by atoms with Crippen molar-refractivity contribution >= 4 is 32.4 Å². The summed E-state index contributed by atoms with van der Waals surface area (Å²) < 4.78 is 44.7. The second-order valence-corrected chi connectivity index (χ2v) is 11.2. The van der Waals surface area contributed by atoms with Crippen LogP contribution in [0.1, 0.15) is 25.5 Å². The first-order chi connectivity index (χ1) is 16.5. The Kier molecular flexibility index (Phi) is 5.47. The molecule has 0 unspecified atom stereocenters. The first-order valence-electron chi connectivity index (χ1n) is 10.7. The van der Waals surface area contributed by atoms with Crippen LogP contribution in [0.3, 0.4) is 0 Å². The molecule has 1 aliphatic heterocycles. The van der Waals surface area contributed by atoms with E-state index in [-0.39, 0.29) is 20.8 Å². The number of hydrogen-bond donors (Lipinski definition) is 1. The van der Waals surface area contributed by atoms with E-state index in [0.29, 0.717) is 22.1 Å². The van der Waals surface area contributed by atoms with Gasteiger partial charge in [-0.2, -0.15) is 4.74 Å². The fourth-order valence-corrected chi connectivity index (χ4v) is 5.71. The molecule has 3 aromatic carbocycles. The van der Waals surface area contributed by atoms with Crippen molar-refractivity contribution < 1.29 is 27.5 Å². The summed E-state index contributed by atoms with van der Waals surface area (Å²) >= 11 is 6.05. The van der Waals surface area contributed by atoms with E-state index in [2.05, 4.69) is 0 Å². The maximum atomic E-state index is 13.4. The summed E-state index contributed by atoms with van der Waals surface area (Å²) in [6.45, 7) is 3.36. The SMILES string of the molecule is COc1ccc(S(=O)(=O)c2ccc3c(c2)[C@@H](n2oc4cc(Cl)ccc4c2=O)[C@H](O)C(C)(C)O3)cc1. The van der Waals surface area contributed by atoms with Crippen molar-refractivity contribution in [3.05, 3.63) is 81.6 Å². The standard InChI is InChI=1S/C25H22ClNO7S/c1-25(2)23(28)22(27-24(29)18-10-4-14(26)12-21(18)34-27)19-13-17(9-11-20(19)33-25)35(30,31)16-7-5-15(32-3)6-8-16/h4-13,22-23,28H,1-3H3/t22-,23+/m1/s1. The lowest BCUT2D eigenvalue weighted by atomic mass is 9.86. The van der Waals surface area contributed by atoms with Crippen LogP contribution in [-0.2, 0) is 9.84 Å². The van der Waals surface area contributed by atoms with Gasteiger partial charge >= 0.3 is 0 Å². The molecule has 5 rings (SSSR count). The predicted octanol–water partition coefficient (Wildman–Crippen LogP) is 4.21. The number of aliphatic hydroxyl groups excluding tert-OH is 1. The molecule has 1 aromatic heterocycles. The Morgan fingerprint density at radius 2 is 1.71 bits per heavy atom. The fraction of sp³-hybridized carbons (Fsp3) is 0.240. The Hall–Kier alpha value is -3.27. The summed E-state index contributed by atoms with van der Waals surface area (Å²) in [6, 6.07) is 14.0. The Morgan fingerprint density at radius 1 is 1.03 bits per heavy atom. The molecular formula is C25H22ClNO7S. The maximum absolute atomic E-state index is 13.4. The van der Waals surface area contributed by atoms with Gasteiger partial charge in [-0.25, -0.2) is 8.42 Å². The van der Waals surface area contributed by atoms with E-state index in [0.717, 1.165) is 4.74 Å². The number of nitrogens with zero attached hydrogens (tertiary/aromatic N) is 1. The minimum absolute atomic E-state index is 0.0193. The minimum atomic E-state index is -3.92. The van der Waals surface area contributed by atoms with Crippen molar-refractivity contribution in [2.45, 2.75) is 41.4 Å². The van der Waals surface area contributed by atoms with Crippen molar-refractivity contribution in [1.82, 2.24) is 4.74 Å². The lowest BCUT2D eigenvalue weighted by Gasteiger charge is -2.41. The van der Waals surface area contributed by atoms with Gasteiger partial charge in [0.2, 0.25) is 9.84 Å². The molecule has 1 N–H and O–H groups in total. The van der Waals surface area contributed by atoms with Gasteiger partial charge in [0, 0.05) is 16.7 Å². The number of fused-ring (bicyclic) bond motifs is 2. The molecule has 1 aliphatic rings. The zero-order valence-electron chi connectivity index (χ0n) is 19.1. The van der Waals surface area contributed by atoms with Crippen molar-refractivity contribution in [2.24, 2.45) is 0 Å². The highest BCUT2D eigenvalue weighted by atomic mass is 35.5. The smallest absolute Gasteiger partial charge is 0.291 e. The average Bonchev–Trinajstić information content (AvgIpc) is 3.14. The topological polar surface area (TPSA) is 108 Å². The van der Waals surface area contributed by atoms with Gasteiger partial charge in [0.05, 0.1) is 22.3 Å². The number of rotatable bonds is 4. The largest absolute Gasteiger partial charge is 0.497 e. The van der Waals surface area contributed by atoms with E-state index in [1.54, 1.807) is 38.1 Å². The molecule has 182 valence electrons. The van der Waals surface area contributed by atoms with Gasteiger partial charge in [-0.3, -0.25) is 4.79 Å². The van der Waals surface area contributed by atoms with Crippen LogP contribution in [0.25, 0.3) is 11.0 Å². The van der Waals surface area contributed by atoms with Crippen LogP contribution in [0.4, 0.5) is 0 Å². The molecule has 0 fully saturated rings. The van der Waals surface area contributed by atoms with Crippen molar-refractivity contribution in [3.63, 3.8) is 0 Å². The van der Waals surface area contributed by atoms with Gasteiger partial charge in [0.25, 0.3) is 5.56 Å². The third-order valence-corrected chi connectivity index (χ3v) is 8.19. The molecular weight excluding hydrogens is 494 g/mol. The second-order valence-electron chi connectivity index (χ2n) is 8.84. The Balaban J connectivity index is 1.69.